The molecule has 0 aliphatic carbocycles. The predicted octanol–water partition coefficient (Wildman–Crippen LogP) is 2.48. The lowest BCUT2D eigenvalue weighted by Crippen LogP contribution is -2.39. The Morgan fingerprint density at radius 3 is 2.54 bits per heavy atom. The second-order valence-electron chi connectivity index (χ2n) is 6.45. The molecule has 0 aliphatic rings. The summed E-state index contributed by atoms with van der Waals surface area (Å²) in [7, 11) is 7.66. The number of benzene rings is 1. The summed E-state index contributed by atoms with van der Waals surface area (Å²) < 4.78 is 1.85. The summed E-state index contributed by atoms with van der Waals surface area (Å²) in [6.07, 6.45) is 1.45. The topological polar surface area (TPSA) is 72.9 Å². The Balaban J connectivity index is 2.26. The molecule has 1 aromatic carbocycles. The van der Waals surface area contributed by atoms with Crippen molar-refractivity contribution >= 4 is 36.4 Å². The molecule has 8 heteroatoms. The van der Waals surface area contributed by atoms with Gasteiger partial charge in [0, 0.05) is 17.1 Å². The van der Waals surface area contributed by atoms with E-state index in [0.29, 0.717) is 23.0 Å². The van der Waals surface area contributed by atoms with E-state index in [1.807, 2.05) is 49.8 Å². The van der Waals surface area contributed by atoms with Crippen LogP contribution >= 0.6 is 11.6 Å². The maximum Gasteiger partial charge on any atom is 0.182 e. The van der Waals surface area contributed by atoms with Crippen molar-refractivity contribution in [2.45, 2.75) is 19.4 Å². The van der Waals surface area contributed by atoms with Gasteiger partial charge < -0.3 is 10.5 Å². The zero-order valence-electron chi connectivity index (χ0n) is 13.9. The quantitative estimate of drug-likeness (QED) is 0.739. The van der Waals surface area contributed by atoms with Gasteiger partial charge in [-0.25, -0.2) is 14.6 Å². The van der Waals surface area contributed by atoms with Crippen LogP contribution in [0.4, 0.5) is 5.82 Å². The van der Waals surface area contributed by atoms with Gasteiger partial charge >= 0.3 is 0 Å². The number of likely N-dealkylation sites (N-methyl/N-ethyl adjacent to an activating group) is 1. The van der Waals surface area contributed by atoms with Crippen LogP contribution < -0.4 is 5.73 Å². The van der Waals surface area contributed by atoms with Gasteiger partial charge in [-0.1, -0.05) is 23.7 Å². The highest BCUT2D eigenvalue weighted by molar-refractivity contribution is 6.30. The fourth-order valence-corrected chi connectivity index (χ4v) is 3.01. The number of aromatic nitrogens is 4. The summed E-state index contributed by atoms with van der Waals surface area (Å²) >= 11 is 5.99. The highest BCUT2D eigenvalue weighted by Gasteiger charge is 2.28. The summed E-state index contributed by atoms with van der Waals surface area (Å²) in [4.78, 5) is 10.1. The molecule has 3 aromatic rings. The molecule has 6 nitrogen and oxygen atoms in total. The van der Waals surface area contributed by atoms with Crippen LogP contribution in [-0.4, -0.2) is 46.1 Å². The van der Waals surface area contributed by atoms with E-state index in [0.717, 1.165) is 16.6 Å². The number of fused-ring (bicyclic) bond motifs is 1. The third kappa shape index (κ3) is 2.97. The molecule has 0 unspecified atom stereocenters. The molecule has 0 bridgehead atoms. The van der Waals surface area contributed by atoms with Gasteiger partial charge in [0.25, 0.3) is 0 Å². The molecule has 2 radical (unpaired) electrons. The Bertz CT molecular complexity index is 872. The molecule has 122 valence electrons. The van der Waals surface area contributed by atoms with Crippen molar-refractivity contribution in [3.05, 3.63) is 35.6 Å². The van der Waals surface area contributed by atoms with Gasteiger partial charge in [0.2, 0.25) is 0 Å². The van der Waals surface area contributed by atoms with Gasteiger partial charge in [-0.15, -0.1) is 0 Å². The lowest BCUT2D eigenvalue weighted by Gasteiger charge is -2.29. The lowest BCUT2D eigenvalue weighted by molar-refractivity contribution is 0.270. The zero-order chi connectivity index (χ0) is 17.5. The average molecular weight is 341 g/mol. The number of hydrogen-bond donors (Lipinski definition) is 1. The Kier molecular flexibility index (Phi) is 4.23. The monoisotopic (exact) mass is 340 g/mol. The highest BCUT2D eigenvalue weighted by atomic mass is 35.5. The minimum Gasteiger partial charge on any atom is -0.383 e. The third-order valence-electron chi connectivity index (χ3n) is 3.82. The van der Waals surface area contributed by atoms with Gasteiger partial charge in [-0.05, 0) is 33.0 Å². The molecule has 0 spiro atoms. The molecule has 3 rings (SSSR count). The molecule has 0 fully saturated rings. The Morgan fingerprint density at radius 2 is 1.92 bits per heavy atom. The van der Waals surface area contributed by atoms with Crippen molar-refractivity contribution in [2.75, 3.05) is 19.3 Å². The molecule has 2 N–H and O–H groups in total. The van der Waals surface area contributed by atoms with Gasteiger partial charge in [0.15, 0.2) is 13.6 Å². The molecule has 2 heterocycles. The first-order chi connectivity index (χ1) is 11.3. The average Bonchev–Trinajstić information content (AvgIpc) is 2.88. The molecular formula is C16H18BClN6. The number of anilines is 1. The first kappa shape index (κ1) is 16.7. The van der Waals surface area contributed by atoms with Crippen LogP contribution in [0.25, 0.3) is 22.3 Å². The highest BCUT2D eigenvalue weighted by Crippen LogP contribution is 2.33. The lowest BCUT2D eigenvalue weighted by atomic mass is 10.0. The normalized spacial score (nSPS) is 12.2. The van der Waals surface area contributed by atoms with Crippen LogP contribution in [0, 0.1) is 0 Å². The van der Waals surface area contributed by atoms with Crippen molar-refractivity contribution < 1.29 is 0 Å². The molecule has 0 saturated heterocycles. The number of rotatable bonds is 4. The van der Waals surface area contributed by atoms with Gasteiger partial charge in [-0.2, -0.15) is 5.10 Å². The SMILES string of the molecule is [B]N(C)CC(C)(C)n1nc(-c2ccc(Cl)cc2)c2c(N)ncnc21. The first-order valence-corrected chi connectivity index (χ1v) is 7.89. The number of nitrogens with zero attached hydrogens (tertiary/aromatic N) is 5. The number of halogens is 1. The maximum atomic E-state index is 6.12. The standard InChI is InChI=1S/C16H18BClN6/c1-16(2,8-23(3)17)24-15-12(14(19)20-9-21-15)13(22-24)10-4-6-11(18)7-5-10/h4-7,9H,8H2,1-3H3,(H2,19,20,21). The van der Waals surface area contributed by atoms with Crippen molar-refractivity contribution in [3.63, 3.8) is 0 Å². The minimum absolute atomic E-state index is 0.382. The Hall–Kier alpha value is -2.12. The predicted molar refractivity (Wildman–Crippen MR) is 97.9 cm³/mol. The number of nitrogen functional groups attached to an aromatic ring is 1. The molecular weight excluding hydrogens is 322 g/mol. The summed E-state index contributed by atoms with van der Waals surface area (Å²) in [5.74, 6) is 0.396. The van der Waals surface area contributed by atoms with Gasteiger partial charge in [0.05, 0.1) is 10.9 Å². The van der Waals surface area contributed by atoms with E-state index >= 15 is 0 Å². The molecule has 0 amide bonds. The van der Waals surface area contributed by atoms with Gasteiger partial charge in [0.1, 0.15) is 17.8 Å². The zero-order valence-corrected chi connectivity index (χ0v) is 14.6. The second-order valence-corrected chi connectivity index (χ2v) is 6.89. The fourth-order valence-electron chi connectivity index (χ4n) is 2.88. The van der Waals surface area contributed by atoms with Crippen LogP contribution in [-0.2, 0) is 5.54 Å². The number of hydrogen-bond acceptors (Lipinski definition) is 5. The van der Waals surface area contributed by atoms with Crippen LogP contribution in [0.1, 0.15) is 13.8 Å². The van der Waals surface area contributed by atoms with Crippen molar-refractivity contribution in [1.29, 1.82) is 0 Å². The summed E-state index contributed by atoms with van der Waals surface area (Å²) in [5.41, 5.74) is 8.05. The van der Waals surface area contributed by atoms with E-state index in [4.69, 9.17) is 30.4 Å². The number of nitrogens with two attached hydrogens (primary N) is 1. The van der Waals surface area contributed by atoms with E-state index in [-0.39, 0.29) is 5.54 Å². The minimum atomic E-state index is -0.382. The van der Waals surface area contributed by atoms with E-state index in [9.17, 15) is 0 Å². The Labute approximate surface area is 147 Å². The van der Waals surface area contributed by atoms with Gasteiger partial charge in [-0.3, -0.25) is 0 Å². The van der Waals surface area contributed by atoms with Crippen LogP contribution in [0.3, 0.4) is 0 Å². The summed E-state index contributed by atoms with van der Waals surface area (Å²) in [6, 6.07) is 7.45. The maximum absolute atomic E-state index is 6.12. The van der Waals surface area contributed by atoms with E-state index in [1.54, 1.807) is 4.81 Å². The Morgan fingerprint density at radius 1 is 1.25 bits per heavy atom. The van der Waals surface area contributed by atoms with Crippen molar-refractivity contribution in [2.24, 2.45) is 0 Å². The van der Waals surface area contributed by atoms with E-state index in [2.05, 4.69) is 9.97 Å². The van der Waals surface area contributed by atoms with Crippen LogP contribution in [0.2, 0.25) is 5.02 Å². The summed E-state index contributed by atoms with van der Waals surface area (Å²) in [5, 5.41) is 6.18. The van der Waals surface area contributed by atoms with Crippen molar-refractivity contribution in [3.8, 4) is 11.3 Å². The molecule has 0 atom stereocenters. The first-order valence-electron chi connectivity index (χ1n) is 7.51. The fraction of sp³-hybridized carbons (Fsp3) is 0.312. The largest absolute Gasteiger partial charge is 0.383 e. The van der Waals surface area contributed by atoms with Crippen molar-refractivity contribution in [1.82, 2.24) is 24.6 Å². The van der Waals surface area contributed by atoms with E-state index < -0.39 is 0 Å². The van der Waals surface area contributed by atoms with Crippen LogP contribution in [0.5, 0.6) is 0 Å². The molecule has 0 aliphatic heterocycles. The van der Waals surface area contributed by atoms with Crippen LogP contribution in [0.15, 0.2) is 30.6 Å². The second kappa shape index (κ2) is 6.07. The summed E-state index contributed by atoms with van der Waals surface area (Å²) in [6.45, 7) is 4.69. The third-order valence-corrected chi connectivity index (χ3v) is 4.07. The van der Waals surface area contributed by atoms with E-state index in [1.165, 1.54) is 6.33 Å². The molecule has 24 heavy (non-hydrogen) atoms. The smallest absolute Gasteiger partial charge is 0.182 e. The molecule has 0 saturated carbocycles. The molecule has 2 aromatic heterocycles.